The van der Waals surface area contributed by atoms with E-state index in [4.69, 9.17) is 18.7 Å². The van der Waals surface area contributed by atoms with Crippen molar-refractivity contribution in [2.45, 2.75) is 57.7 Å². The van der Waals surface area contributed by atoms with Crippen LogP contribution in [-0.4, -0.2) is 63.8 Å². The Bertz CT molecular complexity index is 1670. The third kappa shape index (κ3) is 8.87. The van der Waals surface area contributed by atoms with Gasteiger partial charge in [0.1, 0.15) is 24.5 Å². The predicted octanol–water partition coefficient (Wildman–Crippen LogP) is 5.24. The Hall–Kier alpha value is -4.92. The first-order chi connectivity index (χ1) is 22.6. The zero-order chi connectivity index (χ0) is 33.4. The molecule has 1 aliphatic heterocycles. The lowest BCUT2D eigenvalue weighted by Gasteiger charge is -2.29. The number of hydrogen-bond donors (Lipinski definition) is 1. The van der Waals surface area contributed by atoms with E-state index in [1.54, 1.807) is 36.1 Å². The molecule has 1 atom stereocenters. The van der Waals surface area contributed by atoms with Crippen LogP contribution in [0.1, 0.15) is 54.1 Å². The van der Waals surface area contributed by atoms with Gasteiger partial charge in [-0.3, -0.25) is 4.79 Å². The van der Waals surface area contributed by atoms with Crippen LogP contribution in [0.4, 0.5) is 23.7 Å². The molecule has 0 aliphatic carbocycles. The van der Waals surface area contributed by atoms with Gasteiger partial charge in [-0.25, -0.2) is 9.48 Å². The Labute approximate surface area is 268 Å². The first-order valence-electron chi connectivity index (χ1n) is 15.0. The summed E-state index contributed by atoms with van der Waals surface area (Å²) in [5, 5.41) is 10.7. The van der Waals surface area contributed by atoms with E-state index in [2.05, 4.69) is 20.6 Å². The lowest BCUT2D eigenvalue weighted by molar-refractivity contribution is -0.138. The van der Waals surface area contributed by atoms with Crippen molar-refractivity contribution >= 4 is 11.8 Å². The number of hydrogen-bond acceptors (Lipinski definition) is 10. The summed E-state index contributed by atoms with van der Waals surface area (Å²) in [5.41, 5.74) is -1.55. The summed E-state index contributed by atoms with van der Waals surface area (Å²) < 4.78 is 64.2. The van der Waals surface area contributed by atoms with Gasteiger partial charge < -0.3 is 29.0 Å². The number of anilines is 1. The third-order valence-corrected chi connectivity index (χ3v) is 7.62. The molecule has 2 aromatic carbocycles. The molecule has 5 rings (SSSR count). The number of piperidine rings is 1. The van der Waals surface area contributed by atoms with Crippen LogP contribution in [-0.2, 0) is 35.4 Å². The summed E-state index contributed by atoms with van der Waals surface area (Å²) in [6.07, 6.45) is -3.03. The van der Waals surface area contributed by atoms with E-state index < -0.39 is 29.0 Å². The topological polar surface area (TPSA) is 134 Å². The molecule has 4 aromatic rings. The molecular formula is C32H35F3N6O6. The van der Waals surface area contributed by atoms with Gasteiger partial charge in [0.05, 0.1) is 32.1 Å². The number of carbonyl (C=O) groups excluding carboxylic acids is 1. The Balaban J connectivity index is 1.09. The molecule has 1 amide bonds. The molecule has 0 spiro atoms. The Morgan fingerprint density at radius 3 is 2.47 bits per heavy atom. The molecule has 1 fully saturated rings. The van der Waals surface area contributed by atoms with Crippen LogP contribution in [0.3, 0.4) is 0 Å². The average molecular weight is 657 g/mol. The van der Waals surface area contributed by atoms with Crippen molar-refractivity contribution in [2.75, 3.05) is 32.1 Å². The van der Waals surface area contributed by atoms with Crippen molar-refractivity contribution in [3.05, 3.63) is 99.6 Å². The summed E-state index contributed by atoms with van der Waals surface area (Å²) in [4.78, 5) is 31.3. The highest BCUT2D eigenvalue weighted by Gasteiger charge is 2.38. The fourth-order valence-electron chi connectivity index (χ4n) is 5.14. The molecule has 47 heavy (non-hydrogen) atoms. The fraction of sp³-hybridized carbons (Fsp3) is 0.406. The van der Waals surface area contributed by atoms with Gasteiger partial charge in [-0.15, -0.1) is 0 Å². The maximum atomic E-state index is 14.0. The van der Waals surface area contributed by atoms with E-state index in [9.17, 15) is 22.8 Å². The highest BCUT2D eigenvalue weighted by atomic mass is 19.4. The van der Waals surface area contributed by atoms with Crippen LogP contribution in [0.5, 0.6) is 5.75 Å². The maximum absolute atomic E-state index is 14.0. The number of aromatic nitrogens is 4. The van der Waals surface area contributed by atoms with Gasteiger partial charge in [-0.2, -0.15) is 23.3 Å². The minimum atomic E-state index is -4.91. The molecule has 1 aliphatic rings. The zero-order valence-corrected chi connectivity index (χ0v) is 25.9. The number of benzene rings is 2. The number of methoxy groups -OCH3 is 1. The van der Waals surface area contributed by atoms with Crippen LogP contribution in [0.2, 0.25) is 0 Å². The first-order valence-corrected chi connectivity index (χ1v) is 15.0. The largest absolute Gasteiger partial charge is 0.497 e. The normalized spacial score (nSPS) is 14.5. The van der Waals surface area contributed by atoms with Gasteiger partial charge in [-0.05, 0) is 43.0 Å². The Morgan fingerprint density at radius 2 is 1.79 bits per heavy atom. The number of amides is 1. The molecular weight excluding hydrogens is 621 g/mol. The van der Waals surface area contributed by atoms with E-state index in [0.29, 0.717) is 43.1 Å². The molecule has 0 unspecified atom stereocenters. The van der Waals surface area contributed by atoms with Crippen LogP contribution >= 0.6 is 0 Å². The van der Waals surface area contributed by atoms with Gasteiger partial charge >= 0.3 is 12.3 Å². The Kier molecular flexibility index (Phi) is 10.8. The second kappa shape index (κ2) is 15.1. The minimum Gasteiger partial charge on any atom is -0.497 e. The zero-order valence-electron chi connectivity index (χ0n) is 25.9. The van der Waals surface area contributed by atoms with Crippen LogP contribution in [0.25, 0.3) is 0 Å². The van der Waals surface area contributed by atoms with Crippen molar-refractivity contribution in [2.24, 2.45) is 0 Å². The second-order valence-corrected chi connectivity index (χ2v) is 11.2. The van der Waals surface area contributed by atoms with Gasteiger partial charge in [0, 0.05) is 25.0 Å². The van der Waals surface area contributed by atoms with Crippen LogP contribution in [0.15, 0.2) is 70.1 Å². The van der Waals surface area contributed by atoms with Crippen molar-refractivity contribution in [1.82, 2.24) is 24.8 Å². The van der Waals surface area contributed by atoms with E-state index in [0.717, 1.165) is 16.4 Å². The van der Waals surface area contributed by atoms with E-state index in [-0.39, 0.29) is 44.3 Å². The molecule has 12 nitrogen and oxygen atoms in total. The minimum absolute atomic E-state index is 0.00796. The molecule has 1 N–H and O–H groups in total. The number of nitrogens with zero attached hydrogens (tertiary/aromatic N) is 5. The molecule has 0 saturated carbocycles. The summed E-state index contributed by atoms with van der Waals surface area (Å²) in [5.74, 6) is 1.29. The molecule has 3 heterocycles. The number of carbonyl (C=O) groups is 1. The molecule has 2 aromatic heterocycles. The fourth-order valence-corrected chi connectivity index (χ4v) is 5.14. The number of rotatable bonds is 12. The van der Waals surface area contributed by atoms with E-state index >= 15 is 0 Å². The maximum Gasteiger partial charge on any atom is 0.423 e. The molecule has 250 valence electrons. The predicted molar refractivity (Wildman–Crippen MR) is 163 cm³/mol. The molecule has 0 bridgehead atoms. The Morgan fingerprint density at radius 1 is 1.06 bits per heavy atom. The van der Waals surface area contributed by atoms with Gasteiger partial charge in [0.2, 0.25) is 0 Å². The number of likely N-dealkylation sites (tertiary alicyclic amines) is 1. The standard InChI is InChI=1S/C32H35F3N6O6/c1-21(37-26-16-36-41(30(42)28(26)32(33,34)35)17-22-8-10-25(44-2)11-9-22)18-45-20-27-38-29(39-47-27)24-12-14-40(15-13-24)31(43)46-19-23-6-4-3-5-7-23/h3-11,16,21,24,37H,12-15,17-20H2,1-2H3/t21-/m0/s1. The van der Waals surface area contributed by atoms with Crippen LogP contribution < -0.4 is 15.6 Å². The van der Waals surface area contributed by atoms with Gasteiger partial charge in [0.25, 0.3) is 11.4 Å². The summed E-state index contributed by atoms with van der Waals surface area (Å²) in [7, 11) is 1.50. The monoisotopic (exact) mass is 656 g/mol. The second-order valence-electron chi connectivity index (χ2n) is 11.2. The highest BCUT2D eigenvalue weighted by molar-refractivity contribution is 5.67. The number of nitrogens with one attached hydrogen (secondary N) is 1. The van der Waals surface area contributed by atoms with Crippen molar-refractivity contribution in [3.8, 4) is 5.75 Å². The van der Waals surface area contributed by atoms with Crippen LogP contribution in [0, 0.1) is 0 Å². The van der Waals surface area contributed by atoms with Gasteiger partial charge in [-0.1, -0.05) is 47.6 Å². The van der Waals surface area contributed by atoms with Gasteiger partial charge in [0.15, 0.2) is 5.82 Å². The van der Waals surface area contributed by atoms with Crippen molar-refractivity contribution in [1.29, 1.82) is 0 Å². The van der Waals surface area contributed by atoms with Crippen molar-refractivity contribution in [3.63, 3.8) is 0 Å². The number of alkyl halides is 3. The lowest BCUT2D eigenvalue weighted by atomic mass is 9.96. The SMILES string of the molecule is COc1ccc(Cn2ncc(N[C@@H](C)COCc3nc(C4CCN(C(=O)OCc5ccccc5)CC4)no3)c(C(F)(F)F)c2=O)cc1. The molecule has 1 saturated heterocycles. The lowest BCUT2D eigenvalue weighted by Crippen LogP contribution is -2.38. The molecule has 0 radical (unpaired) electrons. The first kappa shape index (κ1) is 33.4. The highest BCUT2D eigenvalue weighted by Crippen LogP contribution is 2.32. The van der Waals surface area contributed by atoms with E-state index in [1.165, 1.54) is 7.11 Å². The van der Waals surface area contributed by atoms with Crippen molar-refractivity contribution < 1.29 is 36.7 Å². The number of ether oxygens (including phenoxy) is 3. The smallest absolute Gasteiger partial charge is 0.423 e. The van der Waals surface area contributed by atoms with E-state index in [1.807, 2.05) is 30.3 Å². The average Bonchev–Trinajstić information content (AvgIpc) is 3.54. The number of halogens is 3. The third-order valence-electron chi connectivity index (χ3n) is 7.62. The quantitative estimate of drug-likeness (QED) is 0.216. The summed E-state index contributed by atoms with van der Waals surface area (Å²) in [6, 6.07) is 15.4. The summed E-state index contributed by atoms with van der Waals surface area (Å²) in [6.45, 7) is 2.58. The summed E-state index contributed by atoms with van der Waals surface area (Å²) >= 11 is 0. The molecule has 15 heteroatoms.